The molecule has 0 fully saturated rings. The van der Waals surface area contributed by atoms with Gasteiger partial charge in [0.1, 0.15) is 5.82 Å². The molecule has 0 bridgehead atoms. The summed E-state index contributed by atoms with van der Waals surface area (Å²) in [5.41, 5.74) is -0.578. The first-order chi connectivity index (χ1) is 6.51. The van der Waals surface area contributed by atoms with Gasteiger partial charge in [-0.3, -0.25) is 0 Å². The van der Waals surface area contributed by atoms with Crippen LogP contribution in [-0.2, 0) is 6.42 Å². The number of nitrogens with zero attached hydrogens (tertiary/aromatic N) is 2. The van der Waals surface area contributed by atoms with Crippen molar-refractivity contribution in [3.63, 3.8) is 0 Å². The minimum Gasteiger partial charge on any atom is -0.390 e. The van der Waals surface area contributed by atoms with Crippen LogP contribution in [0.4, 0.5) is 0 Å². The van der Waals surface area contributed by atoms with E-state index in [9.17, 15) is 5.11 Å². The molecule has 0 aromatic carbocycles. The summed E-state index contributed by atoms with van der Waals surface area (Å²) in [4.78, 5) is 4.34. The number of hydrogen-bond acceptors (Lipinski definition) is 5. The van der Waals surface area contributed by atoms with Gasteiger partial charge in [0.25, 0.3) is 0 Å². The Kier molecular flexibility index (Phi) is 4.34. The lowest BCUT2D eigenvalue weighted by Gasteiger charge is -2.15. The van der Waals surface area contributed by atoms with E-state index in [-0.39, 0.29) is 0 Å². The fraction of sp³-hybridized carbons (Fsp3) is 0.778. The molecule has 0 saturated carbocycles. The largest absolute Gasteiger partial charge is 0.390 e. The smallest absolute Gasteiger partial charge is 0.170 e. The van der Waals surface area contributed by atoms with Gasteiger partial charge in [0.05, 0.1) is 5.60 Å². The molecule has 5 heteroatoms. The fourth-order valence-electron chi connectivity index (χ4n) is 0.828. The average Bonchev–Trinajstić information content (AvgIpc) is 2.50. The van der Waals surface area contributed by atoms with Gasteiger partial charge in [-0.05, 0) is 31.8 Å². The van der Waals surface area contributed by atoms with Crippen molar-refractivity contribution in [2.75, 3.05) is 5.75 Å². The Morgan fingerprint density at radius 1 is 1.50 bits per heavy atom. The van der Waals surface area contributed by atoms with E-state index in [1.807, 2.05) is 20.8 Å². The van der Waals surface area contributed by atoms with Crippen molar-refractivity contribution in [1.82, 2.24) is 9.36 Å². The van der Waals surface area contributed by atoms with Crippen LogP contribution in [0.2, 0.25) is 0 Å². The maximum atomic E-state index is 9.50. The molecule has 1 heterocycles. The third kappa shape index (κ3) is 4.39. The highest BCUT2D eigenvalue weighted by atomic mass is 32.2. The van der Waals surface area contributed by atoms with Crippen molar-refractivity contribution in [1.29, 1.82) is 0 Å². The van der Waals surface area contributed by atoms with Crippen molar-refractivity contribution in [2.24, 2.45) is 0 Å². The second-order valence-electron chi connectivity index (χ2n) is 3.74. The Morgan fingerprint density at radius 2 is 2.21 bits per heavy atom. The van der Waals surface area contributed by atoms with Crippen LogP contribution in [0, 0.1) is 0 Å². The normalized spacial score (nSPS) is 12.0. The zero-order chi connectivity index (χ0) is 10.6. The summed E-state index contributed by atoms with van der Waals surface area (Å²) in [5.74, 6) is 1.81. The molecular formula is C9H16N2OS2. The summed E-state index contributed by atoms with van der Waals surface area (Å²) in [6, 6.07) is 0. The highest BCUT2D eigenvalue weighted by Gasteiger charge is 2.12. The molecule has 0 aliphatic carbocycles. The maximum Gasteiger partial charge on any atom is 0.170 e. The molecule has 0 radical (unpaired) electrons. The first-order valence-corrected chi connectivity index (χ1v) is 6.45. The van der Waals surface area contributed by atoms with Gasteiger partial charge in [-0.1, -0.05) is 18.7 Å². The van der Waals surface area contributed by atoms with Gasteiger partial charge >= 0.3 is 0 Å². The van der Waals surface area contributed by atoms with Gasteiger partial charge in [0.15, 0.2) is 4.34 Å². The molecule has 80 valence electrons. The molecule has 0 unspecified atom stereocenters. The first-order valence-electron chi connectivity index (χ1n) is 4.69. The minimum absolute atomic E-state index is 0.578. The molecule has 0 aliphatic rings. The van der Waals surface area contributed by atoms with Crippen LogP contribution in [0.3, 0.4) is 0 Å². The molecule has 3 nitrogen and oxygen atoms in total. The Labute approximate surface area is 93.1 Å². The summed E-state index contributed by atoms with van der Waals surface area (Å²) < 4.78 is 5.20. The quantitative estimate of drug-likeness (QED) is 0.792. The van der Waals surface area contributed by atoms with E-state index >= 15 is 0 Å². The fourth-order valence-corrected chi connectivity index (χ4v) is 2.85. The molecule has 0 amide bonds. The third-order valence-electron chi connectivity index (χ3n) is 1.71. The molecule has 14 heavy (non-hydrogen) atoms. The molecule has 0 spiro atoms. The highest BCUT2D eigenvalue weighted by Crippen LogP contribution is 2.23. The Hall–Kier alpha value is -0.130. The number of thioether (sulfide) groups is 1. The molecule has 1 aromatic heterocycles. The van der Waals surface area contributed by atoms with Gasteiger partial charge in [-0.25, -0.2) is 4.98 Å². The molecule has 1 rings (SSSR count). The number of rotatable bonds is 5. The lowest BCUT2D eigenvalue weighted by molar-refractivity contribution is 0.0778. The number of aliphatic hydroxyl groups is 1. The van der Waals surface area contributed by atoms with E-state index in [0.717, 1.165) is 28.8 Å². The molecule has 1 aromatic rings. The molecular weight excluding hydrogens is 216 g/mol. The lowest BCUT2D eigenvalue weighted by Crippen LogP contribution is -2.18. The molecule has 0 aliphatic heterocycles. The standard InChI is InChI=1S/C9H16N2OS2/c1-4-7-10-8(14-11-7)13-6-5-9(2,3)12/h12H,4-6H2,1-3H3. The highest BCUT2D eigenvalue weighted by molar-refractivity contribution is 8.00. The number of aromatic nitrogens is 2. The van der Waals surface area contributed by atoms with Crippen molar-refractivity contribution in [3.05, 3.63) is 5.82 Å². The van der Waals surface area contributed by atoms with Crippen LogP contribution in [0.5, 0.6) is 0 Å². The predicted molar refractivity (Wildman–Crippen MR) is 60.9 cm³/mol. The van der Waals surface area contributed by atoms with Gasteiger partial charge < -0.3 is 5.11 Å². The summed E-state index contributed by atoms with van der Waals surface area (Å²) in [7, 11) is 0. The zero-order valence-electron chi connectivity index (χ0n) is 8.78. The van der Waals surface area contributed by atoms with Crippen molar-refractivity contribution >= 4 is 23.3 Å². The number of aryl methyl sites for hydroxylation is 1. The second kappa shape index (κ2) is 5.09. The van der Waals surface area contributed by atoms with E-state index in [0.29, 0.717) is 0 Å². The van der Waals surface area contributed by atoms with Gasteiger partial charge in [-0.2, -0.15) is 4.37 Å². The van der Waals surface area contributed by atoms with Crippen LogP contribution in [0.15, 0.2) is 4.34 Å². The van der Waals surface area contributed by atoms with E-state index in [2.05, 4.69) is 9.36 Å². The second-order valence-corrected chi connectivity index (χ2v) is 5.83. The Morgan fingerprint density at radius 3 is 2.71 bits per heavy atom. The Balaban J connectivity index is 2.31. The SMILES string of the molecule is CCc1nsc(SCCC(C)(C)O)n1. The zero-order valence-corrected chi connectivity index (χ0v) is 10.4. The van der Waals surface area contributed by atoms with Crippen LogP contribution in [0.25, 0.3) is 0 Å². The van der Waals surface area contributed by atoms with Gasteiger partial charge in [0, 0.05) is 12.2 Å². The summed E-state index contributed by atoms with van der Waals surface area (Å²) >= 11 is 3.11. The van der Waals surface area contributed by atoms with Crippen molar-refractivity contribution < 1.29 is 5.11 Å². The minimum atomic E-state index is -0.578. The summed E-state index contributed by atoms with van der Waals surface area (Å²) in [6.07, 6.45) is 1.67. The topological polar surface area (TPSA) is 46.0 Å². The molecule has 0 saturated heterocycles. The summed E-state index contributed by atoms with van der Waals surface area (Å²) in [6.45, 7) is 5.70. The van der Waals surface area contributed by atoms with Crippen molar-refractivity contribution in [2.45, 2.75) is 43.6 Å². The van der Waals surface area contributed by atoms with Gasteiger partial charge in [-0.15, -0.1) is 0 Å². The lowest BCUT2D eigenvalue weighted by atomic mass is 10.1. The average molecular weight is 232 g/mol. The monoisotopic (exact) mass is 232 g/mol. The van der Waals surface area contributed by atoms with E-state index in [1.54, 1.807) is 11.8 Å². The summed E-state index contributed by atoms with van der Waals surface area (Å²) in [5, 5.41) is 9.50. The van der Waals surface area contributed by atoms with Gasteiger partial charge in [0.2, 0.25) is 0 Å². The molecule has 1 N–H and O–H groups in total. The van der Waals surface area contributed by atoms with E-state index in [4.69, 9.17) is 0 Å². The van der Waals surface area contributed by atoms with Crippen molar-refractivity contribution in [3.8, 4) is 0 Å². The van der Waals surface area contributed by atoms with E-state index in [1.165, 1.54) is 11.5 Å². The predicted octanol–water partition coefficient (Wildman–Crippen LogP) is 2.35. The third-order valence-corrected chi connectivity index (χ3v) is 3.58. The van der Waals surface area contributed by atoms with Crippen LogP contribution in [0.1, 0.15) is 33.0 Å². The van der Waals surface area contributed by atoms with Crippen LogP contribution in [-0.4, -0.2) is 25.8 Å². The molecule has 0 atom stereocenters. The number of hydrogen-bond donors (Lipinski definition) is 1. The van der Waals surface area contributed by atoms with Crippen LogP contribution < -0.4 is 0 Å². The maximum absolute atomic E-state index is 9.50. The van der Waals surface area contributed by atoms with Crippen LogP contribution >= 0.6 is 23.3 Å². The van der Waals surface area contributed by atoms with E-state index < -0.39 is 5.60 Å². The Bertz CT molecular complexity index is 281. The first kappa shape index (κ1) is 11.9.